The second-order valence-corrected chi connectivity index (χ2v) is 11.1. The van der Waals surface area contributed by atoms with E-state index in [0.29, 0.717) is 6.61 Å². The van der Waals surface area contributed by atoms with Gasteiger partial charge in [0.1, 0.15) is 42.2 Å². The van der Waals surface area contributed by atoms with E-state index >= 15 is 0 Å². The number of likely N-dealkylation sites (tertiary alicyclic amines) is 2. The van der Waals surface area contributed by atoms with Crippen molar-refractivity contribution in [3.63, 3.8) is 0 Å². The maximum Gasteiger partial charge on any atom is 0.137 e. The Kier molecular flexibility index (Phi) is 9.62. The molecule has 216 valence electrons. The van der Waals surface area contributed by atoms with E-state index in [4.69, 9.17) is 4.74 Å². The van der Waals surface area contributed by atoms with Gasteiger partial charge in [-0.25, -0.2) is 18.4 Å². The van der Waals surface area contributed by atoms with Gasteiger partial charge in [0.05, 0.1) is 6.54 Å². The fraction of sp³-hybridized carbons (Fsp3) is 0.533. The highest BCUT2D eigenvalue weighted by Crippen LogP contribution is 2.29. The fourth-order valence-electron chi connectivity index (χ4n) is 5.81. The van der Waals surface area contributed by atoms with Crippen molar-refractivity contribution in [2.75, 3.05) is 51.2 Å². The van der Waals surface area contributed by atoms with Crippen molar-refractivity contribution in [3.05, 3.63) is 72.3 Å². The molecule has 2 N–H and O–H groups in total. The number of β-amino-alcohol motifs (C(OH)–C–C–N with tert-alkyl or cyclic N) is 1. The van der Waals surface area contributed by atoms with Crippen LogP contribution in [0.5, 0.6) is 5.75 Å². The van der Waals surface area contributed by atoms with Crippen molar-refractivity contribution in [1.82, 2.24) is 24.6 Å². The molecule has 2 aromatic carbocycles. The summed E-state index contributed by atoms with van der Waals surface area (Å²) in [5.74, 6) is -0.563. The average molecular weight is 555 g/mol. The highest BCUT2D eigenvalue weighted by atomic mass is 19.1. The number of rotatable bonds is 11. The first-order valence-electron chi connectivity index (χ1n) is 14.4. The van der Waals surface area contributed by atoms with Gasteiger partial charge in [-0.1, -0.05) is 18.9 Å². The molecule has 1 aromatic heterocycles. The van der Waals surface area contributed by atoms with Crippen LogP contribution in [0.3, 0.4) is 0 Å². The van der Waals surface area contributed by atoms with Crippen LogP contribution in [0.25, 0.3) is 0 Å². The molecule has 0 radical (unpaired) electrons. The fourth-order valence-corrected chi connectivity index (χ4v) is 5.81. The standard InChI is InChI=1S/C30H40F2N6O2/c31-24-5-10-28(29(32)19-24)30(39,21-38-23-33-22-34-38)20-37-15-11-26(12-16-37)35-25-6-8-27(9-7-25)40-18-17-36-13-3-1-2-4-14-36/h5-10,19,22-23,26,35,39H,1-4,11-18,20-21H2. The van der Waals surface area contributed by atoms with Crippen molar-refractivity contribution in [2.45, 2.75) is 56.7 Å². The van der Waals surface area contributed by atoms with E-state index < -0.39 is 17.2 Å². The van der Waals surface area contributed by atoms with Gasteiger partial charge in [-0.2, -0.15) is 5.10 Å². The molecule has 0 saturated carbocycles. The molecule has 3 aromatic rings. The SMILES string of the molecule is OC(CN1CCC(Nc2ccc(OCCN3CCCCCC3)cc2)CC1)(Cn1cncn1)c1ccc(F)cc1F. The zero-order chi connectivity index (χ0) is 27.8. The van der Waals surface area contributed by atoms with E-state index in [2.05, 4.69) is 37.3 Å². The molecular weight excluding hydrogens is 514 g/mol. The molecule has 10 heteroatoms. The second kappa shape index (κ2) is 13.5. The number of piperidine rings is 1. The monoisotopic (exact) mass is 554 g/mol. The van der Waals surface area contributed by atoms with Crippen LogP contribution in [0.2, 0.25) is 0 Å². The number of hydrogen-bond acceptors (Lipinski definition) is 7. The minimum absolute atomic E-state index is 0.0141. The van der Waals surface area contributed by atoms with Crippen molar-refractivity contribution in [2.24, 2.45) is 0 Å². The normalized spacial score (nSPS) is 19.2. The van der Waals surface area contributed by atoms with Crippen LogP contribution in [-0.4, -0.2) is 81.6 Å². The lowest BCUT2D eigenvalue weighted by atomic mass is 9.91. The van der Waals surface area contributed by atoms with Crippen molar-refractivity contribution >= 4 is 5.69 Å². The Morgan fingerprint density at radius 3 is 2.35 bits per heavy atom. The van der Waals surface area contributed by atoms with Crippen molar-refractivity contribution in [1.29, 1.82) is 0 Å². The summed E-state index contributed by atoms with van der Waals surface area (Å²) in [5.41, 5.74) is -0.484. The molecule has 2 saturated heterocycles. The number of ether oxygens (including phenoxy) is 1. The minimum Gasteiger partial charge on any atom is -0.492 e. The molecule has 2 fully saturated rings. The van der Waals surface area contributed by atoms with Gasteiger partial charge in [0.15, 0.2) is 0 Å². The third kappa shape index (κ3) is 7.77. The molecule has 1 unspecified atom stereocenters. The van der Waals surface area contributed by atoms with Gasteiger partial charge in [-0.3, -0.25) is 9.80 Å². The van der Waals surface area contributed by atoms with Crippen molar-refractivity contribution < 1.29 is 18.6 Å². The van der Waals surface area contributed by atoms with E-state index in [9.17, 15) is 13.9 Å². The summed E-state index contributed by atoms with van der Waals surface area (Å²) >= 11 is 0. The van der Waals surface area contributed by atoms with E-state index in [1.54, 1.807) is 0 Å². The Balaban J connectivity index is 1.11. The summed E-state index contributed by atoms with van der Waals surface area (Å²) in [6.07, 6.45) is 9.85. The third-order valence-corrected chi connectivity index (χ3v) is 8.00. The van der Waals surface area contributed by atoms with Crippen LogP contribution in [-0.2, 0) is 12.1 Å². The van der Waals surface area contributed by atoms with Gasteiger partial charge in [0.2, 0.25) is 0 Å². The van der Waals surface area contributed by atoms with Gasteiger partial charge >= 0.3 is 0 Å². The number of benzene rings is 2. The smallest absolute Gasteiger partial charge is 0.137 e. The number of anilines is 1. The average Bonchev–Trinajstić information content (AvgIpc) is 3.30. The molecule has 5 rings (SSSR count). The van der Waals surface area contributed by atoms with E-state index in [1.807, 2.05) is 12.1 Å². The summed E-state index contributed by atoms with van der Waals surface area (Å²) in [7, 11) is 0. The van der Waals surface area contributed by atoms with E-state index in [0.717, 1.165) is 50.0 Å². The number of aromatic nitrogens is 3. The quantitative estimate of drug-likeness (QED) is 0.367. The van der Waals surface area contributed by atoms with Gasteiger partial charge in [-0.05, 0) is 69.1 Å². The summed E-state index contributed by atoms with van der Waals surface area (Å²) in [4.78, 5) is 8.56. The molecule has 2 aliphatic rings. The molecule has 2 aliphatic heterocycles. The van der Waals surface area contributed by atoms with Crippen LogP contribution in [0.1, 0.15) is 44.1 Å². The molecule has 0 amide bonds. The van der Waals surface area contributed by atoms with Gasteiger partial charge in [0.25, 0.3) is 0 Å². The van der Waals surface area contributed by atoms with Gasteiger partial charge in [0, 0.05) is 49.5 Å². The molecule has 1 atom stereocenters. The Hall–Kier alpha value is -3.08. The summed E-state index contributed by atoms with van der Waals surface area (Å²) < 4.78 is 35.8. The third-order valence-electron chi connectivity index (χ3n) is 8.00. The first-order valence-corrected chi connectivity index (χ1v) is 14.4. The molecule has 0 spiro atoms. The van der Waals surface area contributed by atoms with Crippen LogP contribution < -0.4 is 10.1 Å². The van der Waals surface area contributed by atoms with E-state index in [1.165, 1.54) is 68.2 Å². The minimum atomic E-state index is -1.59. The lowest BCUT2D eigenvalue weighted by Gasteiger charge is -2.38. The summed E-state index contributed by atoms with van der Waals surface area (Å²) in [5, 5.41) is 19.3. The maximum atomic E-state index is 14.7. The van der Waals surface area contributed by atoms with Gasteiger partial charge in [-0.15, -0.1) is 0 Å². The predicted octanol–water partition coefficient (Wildman–Crippen LogP) is 4.28. The van der Waals surface area contributed by atoms with Crippen LogP contribution >= 0.6 is 0 Å². The number of hydrogen-bond donors (Lipinski definition) is 2. The largest absolute Gasteiger partial charge is 0.492 e. The Labute approximate surface area is 235 Å². The first-order chi connectivity index (χ1) is 19.5. The molecule has 40 heavy (non-hydrogen) atoms. The summed E-state index contributed by atoms with van der Waals surface area (Å²) in [6.45, 7) is 5.71. The number of aliphatic hydroxyl groups is 1. The highest BCUT2D eigenvalue weighted by molar-refractivity contribution is 5.47. The molecular formula is C30H40F2N6O2. The van der Waals surface area contributed by atoms with Gasteiger partial charge < -0.3 is 15.2 Å². The lowest BCUT2D eigenvalue weighted by molar-refractivity contribution is -0.0260. The maximum absolute atomic E-state index is 14.7. The summed E-state index contributed by atoms with van der Waals surface area (Å²) in [6, 6.07) is 11.7. The van der Waals surface area contributed by atoms with Crippen LogP contribution in [0.15, 0.2) is 55.1 Å². The lowest BCUT2D eigenvalue weighted by Crippen LogP contribution is -2.48. The highest BCUT2D eigenvalue weighted by Gasteiger charge is 2.36. The van der Waals surface area contributed by atoms with Crippen LogP contribution in [0, 0.1) is 11.6 Å². The van der Waals surface area contributed by atoms with Crippen molar-refractivity contribution in [3.8, 4) is 5.75 Å². The topological polar surface area (TPSA) is 78.7 Å². The second-order valence-electron chi connectivity index (χ2n) is 11.1. The number of nitrogens with one attached hydrogen (secondary N) is 1. The first kappa shape index (κ1) is 28.4. The van der Waals surface area contributed by atoms with E-state index in [-0.39, 0.29) is 24.7 Å². The number of halogens is 2. The van der Waals surface area contributed by atoms with Crippen LogP contribution in [0.4, 0.5) is 14.5 Å². The molecule has 0 aliphatic carbocycles. The molecule has 8 nitrogen and oxygen atoms in total. The predicted molar refractivity (Wildman–Crippen MR) is 150 cm³/mol. The molecule has 0 bridgehead atoms. The molecule has 3 heterocycles. The Morgan fingerprint density at radius 2 is 1.68 bits per heavy atom. The Morgan fingerprint density at radius 1 is 0.925 bits per heavy atom. The Bertz CT molecular complexity index is 1180. The zero-order valence-electron chi connectivity index (χ0n) is 23.0. The number of nitrogens with zero attached hydrogens (tertiary/aromatic N) is 5. The zero-order valence-corrected chi connectivity index (χ0v) is 23.0.